The monoisotopic (exact) mass is 269 g/mol. The molecule has 96 valence electrons. The Morgan fingerprint density at radius 3 is 3.11 bits per heavy atom. The molecule has 0 aliphatic carbocycles. The van der Waals surface area contributed by atoms with Crippen molar-refractivity contribution in [2.75, 3.05) is 6.54 Å². The van der Waals surface area contributed by atoms with Crippen LogP contribution in [0.1, 0.15) is 24.6 Å². The Morgan fingerprint density at radius 2 is 2.21 bits per heavy atom. The van der Waals surface area contributed by atoms with Crippen LogP contribution in [-0.4, -0.2) is 16.5 Å². The van der Waals surface area contributed by atoms with Gasteiger partial charge in [0.05, 0.1) is 11.7 Å². The Labute approximate surface area is 115 Å². The van der Waals surface area contributed by atoms with E-state index >= 15 is 0 Å². The second kappa shape index (κ2) is 4.47. The average Bonchev–Trinajstić information content (AvgIpc) is 3.18. The molecular weight excluding hydrogens is 254 g/mol. The normalized spacial score (nSPS) is 19.3. The highest BCUT2D eigenvalue weighted by molar-refractivity contribution is 7.13. The van der Waals surface area contributed by atoms with E-state index in [1.54, 1.807) is 11.3 Å². The number of aromatic nitrogens is 2. The van der Waals surface area contributed by atoms with E-state index in [4.69, 9.17) is 4.98 Å². The maximum Gasteiger partial charge on any atom is 0.125 e. The lowest BCUT2D eigenvalue weighted by Gasteiger charge is -2.04. The highest BCUT2D eigenvalue weighted by Crippen LogP contribution is 2.33. The molecule has 2 N–H and O–H groups in total. The van der Waals surface area contributed by atoms with Crippen molar-refractivity contribution < 1.29 is 0 Å². The van der Waals surface area contributed by atoms with Gasteiger partial charge in [-0.15, -0.1) is 11.3 Å². The Kier molecular flexibility index (Phi) is 2.64. The predicted octanol–water partition coefficient (Wildman–Crippen LogP) is 3.72. The van der Waals surface area contributed by atoms with Crippen LogP contribution in [0.3, 0.4) is 0 Å². The fourth-order valence-corrected chi connectivity index (χ4v) is 3.66. The first-order valence-electron chi connectivity index (χ1n) is 6.67. The average molecular weight is 269 g/mol. The number of thiazole rings is 1. The fraction of sp³-hybridized carbons (Fsp3) is 0.267. The number of aromatic amines is 1. The second-order valence-electron chi connectivity index (χ2n) is 4.97. The van der Waals surface area contributed by atoms with Gasteiger partial charge in [0.25, 0.3) is 0 Å². The van der Waals surface area contributed by atoms with E-state index in [9.17, 15) is 0 Å². The van der Waals surface area contributed by atoms with Gasteiger partial charge in [-0.2, -0.15) is 0 Å². The molecule has 1 aliphatic rings. The summed E-state index contributed by atoms with van der Waals surface area (Å²) < 4.78 is 0. The van der Waals surface area contributed by atoms with Gasteiger partial charge in [-0.3, -0.25) is 0 Å². The number of nitrogens with zero attached hydrogens (tertiary/aromatic N) is 1. The summed E-state index contributed by atoms with van der Waals surface area (Å²) in [6, 6.07) is 8.84. The number of nitrogens with one attached hydrogen (secondary N) is 2. The summed E-state index contributed by atoms with van der Waals surface area (Å²) >= 11 is 1.74. The minimum Gasteiger partial charge on any atom is -0.360 e. The molecule has 0 radical (unpaired) electrons. The minimum absolute atomic E-state index is 0.454. The van der Waals surface area contributed by atoms with Crippen molar-refractivity contribution >= 4 is 22.2 Å². The summed E-state index contributed by atoms with van der Waals surface area (Å²) in [5, 5.41) is 8.06. The lowest BCUT2D eigenvalue weighted by Crippen LogP contribution is -2.12. The van der Waals surface area contributed by atoms with Crippen LogP contribution in [0.5, 0.6) is 0 Å². The summed E-state index contributed by atoms with van der Waals surface area (Å²) in [5.41, 5.74) is 3.58. The van der Waals surface area contributed by atoms with E-state index in [2.05, 4.69) is 46.1 Å². The van der Waals surface area contributed by atoms with Gasteiger partial charge in [-0.05, 0) is 25.5 Å². The molecule has 19 heavy (non-hydrogen) atoms. The van der Waals surface area contributed by atoms with Gasteiger partial charge in [-0.25, -0.2) is 4.98 Å². The van der Waals surface area contributed by atoms with Crippen LogP contribution in [0.4, 0.5) is 0 Å². The first kappa shape index (κ1) is 11.2. The topological polar surface area (TPSA) is 40.7 Å². The van der Waals surface area contributed by atoms with Crippen LogP contribution in [-0.2, 0) is 0 Å². The minimum atomic E-state index is 0.454. The fourth-order valence-electron chi connectivity index (χ4n) is 2.76. The Morgan fingerprint density at radius 1 is 1.26 bits per heavy atom. The molecule has 0 amide bonds. The second-order valence-corrected chi connectivity index (χ2v) is 5.83. The van der Waals surface area contributed by atoms with E-state index in [1.165, 1.54) is 35.0 Å². The van der Waals surface area contributed by atoms with E-state index < -0.39 is 0 Å². The predicted molar refractivity (Wildman–Crippen MR) is 79.4 cm³/mol. The first-order chi connectivity index (χ1) is 9.42. The molecule has 1 unspecified atom stereocenters. The van der Waals surface area contributed by atoms with Crippen molar-refractivity contribution in [1.82, 2.24) is 15.3 Å². The summed E-state index contributed by atoms with van der Waals surface area (Å²) in [4.78, 5) is 8.14. The van der Waals surface area contributed by atoms with Crippen LogP contribution in [0.25, 0.3) is 21.5 Å². The van der Waals surface area contributed by atoms with Gasteiger partial charge < -0.3 is 10.3 Å². The molecule has 0 saturated carbocycles. The van der Waals surface area contributed by atoms with E-state index in [0.717, 1.165) is 11.6 Å². The first-order valence-corrected chi connectivity index (χ1v) is 7.55. The molecule has 3 nitrogen and oxygen atoms in total. The van der Waals surface area contributed by atoms with Gasteiger partial charge in [0, 0.05) is 28.0 Å². The van der Waals surface area contributed by atoms with Crippen molar-refractivity contribution in [3.63, 3.8) is 0 Å². The van der Waals surface area contributed by atoms with Crippen LogP contribution in [0, 0.1) is 0 Å². The van der Waals surface area contributed by atoms with Crippen molar-refractivity contribution in [2.45, 2.75) is 18.9 Å². The lowest BCUT2D eigenvalue weighted by atomic mass is 10.1. The number of hydrogen-bond donors (Lipinski definition) is 2. The molecular formula is C15H15N3S. The zero-order valence-corrected chi connectivity index (χ0v) is 11.3. The molecule has 0 bridgehead atoms. The quantitative estimate of drug-likeness (QED) is 0.744. The molecule has 1 atom stereocenters. The van der Waals surface area contributed by atoms with E-state index in [-0.39, 0.29) is 0 Å². The summed E-state index contributed by atoms with van der Waals surface area (Å²) in [5.74, 6) is 0. The Hall–Kier alpha value is -1.65. The number of hydrogen-bond acceptors (Lipinski definition) is 3. The standard InChI is InChI=1S/C15H15N3S/c1-2-5-12-10(4-1)11(8-17-12)15-18-14(9-19-15)13-6-3-7-16-13/h1-2,4-5,8-9,13,16-17H,3,6-7H2. The molecule has 1 aromatic carbocycles. The zero-order chi connectivity index (χ0) is 12.7. The molecule has 0 spiro atoms. The van der Waals surface area contributed by atoms with Crippen LogP contribution in [0.2, 0.25) is 0 Å². The lowest BCUT2D eigenvalue weighted by molar-refractivity contribution is 0.632. The van der Waals surface area contributed by atoms with Crippen molar-refractivity contribution in [2.24, 2.45) is 0 Å². The highest BCUT2D eigenvalue weighted by atomic mass is 32.1. The van der Waals surface area contributed by atoms with Gasteiger partial charge in [0.1, 0.15) is 5.01 Å². The number of benzene rings is 1. The molecule has 2 aromatic heterocycles. The molecule has 4 rings (SSSR count). The maximum absolute atomic E-state index is 4.82. The molecule has 1 aliphatic heterocycles. The largest absolute Gasteiger partial charge is 0.360 e. The van der Waals surface area contributed by atoms with Gasteiger partial charge in [0.15, 0.2) is 0 Å². The van der Waals surface area contributed by atoms with Crippen LogP contribution >= 0.6 is 11.3 Å². The van der Waals surface area contributed by atoms with Crippen molar-refractivity contribution in [3.8, 4) is 10.6 Å². The highest BCUT2D eigenvalue weighted by Gasteiger charge is 2.19. The molecule has 3 heterocycles. The number of rotatable bonds is 2. The van der Waals surface area contributed by atoms with Gasteiger partial charge in [-0.1, -0.05) is 18.2 Å². The van der Waals surface area contributed by atoms with Gasteiger partial charge >= 0.3 is 0 Å². The Bertz CT molecular complexity index is 707. The smallest absolute Gasteiger partial charge is 0.125 e. The molecule has 3 aromatic rings. The van der Waals surface area contributed by atoms with Crippen LogP contribution in [0.15, 0.2) is 35.8 Å². The summed E-state index contributed by atoms with van der Waals surface area (Å²) in [6.45, 7) is 1.12. The third kappa shape index (κ3) is 1.88. The van der Waals surface area contributed by atoms with Crippen molar-refractivity contribution in [1.29, 1.82) is 0 Å². The number of para-hydroxylation sites is 1. The summed E-state index contributed by atoms with van der Waals surface area (Å²) in [6.07, 6.45) is 4.52. The van der Waals surface area contributed by atoms with Crippen molar-refractivity contribution in [3.05, 3.63) is 41.5 Å². The molecule has 1 saturated heterocycles. The third-order valence-corrected chi connectivity index (χ3v) is 4.65. The zero-order valence-electron chi connectivity index (χ0n) is 10.5. The molecule has 4 heteroatoms. The third-order valence-electron chi connectivity index (χ3n) is 3.76. The summed E-state index contributed by atoms with van der Waals surface area (Å²) in [7, 11) is 0. The number of H-pyrrole nitrogens is 1. The van der Waals surface area contributed by atoms with Crippen LogP contribution < -0.4 is 5.32 Å². The maximum atomic E-state index is 4.82. The molecule has 1 fully saturated rings. The Balaban J connectivity index is 1.76. The van der Waals surface area contributed by atoms with E-state index in [1.807, 2.05) is 0 Å². The SMILES string of the molecule is c1ccc2c(-c3nc(C4CCCN4)cs3)c[nH]c2c1. The van der Waals surface area contributed by atoms with E-state index in [0.29, 0.717) is 6.04 Å². The number of fused-ring (bicyclic) bond motifs is 1. The van der Waals surface area contributed by atoms with Gasteiger partial charge in [0.2, 0.25) is 0 Å².